The second kappa shape index (κ2) is 15.9. The molecule has 46 heavy (non-hydrogen) atoms. The van der Waals surface area contributed by atoms with Crippen LogP contribution in [-0.2, 0) is 16.1 Å². The quantitative estimate of drug-likeness (QED) is 0.0929. The van der Waals surface area contributed by atoms with Gasteiger partial charge in [0.05, 0.1) is 18.4 Å². The van der Waals surface area contributed by atoms with E-state index in [1.165, 1.54) is 5.01 Å². The Labute approximate surface area is 263 Å². The number of ether oxygens (including phenoxy) is 2. The number of carboxylic acid groups (broad SMARTS) is 1. The average Bonchev–Trinajstić information content (AvgIpc) is 3.01. The lowest BCUT2D eigenvalue weighted by molar-refractivity contribution is -0.192. The molecule has 1 unspecified atom stereocenters. The van der Waals surface area contributed by atoms with Gasteiger partial charge in [0.25, 0.3) is 0 Å². The van der Waals surface area contributed by atoms with E-state index in [0.717, 1.165) is 10.8 Å². The van der Waals surface area contributed by atoms with E-state index >= 15 is 0 Å². The fourth-order valence-electron chi connectivity index (χ4n) is 4.28. The van der Waals surface area contributed by atoms with Crippen molar-refractivity contribution in [2.45, 2.75) is 45.6 Å². The predicted octanol–water partition coefficient (Wildman–Crippen LogP) is 3.47. The van der Waals surface area contributed by atoms with E-state index in [0.29, 0.717) is 40.4 Å². The molecule has 0 saturated heterocycles. The molecule has 0 spiro atoms. The number of hydrogen-bond acceptors (Lipinski definition) is 9. The highest BCUT2D eigenvalue weighted by Gasteiger charge is 2.38. The van der Waals surface area contributed by atoms with E-state index < -0.39 is 25.3 Å². The Morgan fingerprint density at radius 1 is 1.02 bits per heavy atom. The van der Waals surface area contributed by atoms with Gasteiger partial charge in [-0.3, -0.25) is 14.8 Å². The van der Waals surface area contributed by atoms with Gasteiger partial charge in [-0.2, -0.15) is 13.2 Å². The zero-order chi connectivity index (χ0) is 34.0. The molecule has 15 heteroatoms. The van der Waals surface area contributed by atoms with Crippen LogP contribution >= 0.6 is 0 Å². The SMILES string of the molecule is CCOc1cc(C(C(=O)NCc2cccc(B(O)O)c2)N(N)c2ccc3cnccc3c2)ccc1OC(C)C.O=C(O)C(F)(F)F. The van der Waals surface area contributed by atoms with Crippen molar-refractivity contribution in [3.63, 3.8) is 0 Å². The molecule has 4 aromatic rings. The first-order chi connectivity index (χ1) is 21.7. The van der Waals surface area contributed by atoms with Gasteiger partial charge in [-0.05, 0) is 73.1 Å². The van der Waals surface area contributed by atoms with Gasteiger partial charge in [-0.1, -0.05) is 36.4 Å². The molecule has 0 saturated carbocycles. The molecule has 1 atom stereocenters. The number of hydrazine groups is 1. The van der Waals surface area contributed by atoms with Gasteiger partial charge in [0, 0.05) is 24.3 Å². The standard InChI is InChI=1S/C29H33BN4O5.C2HF3O2/c1-4-38-27-16-22(9-11-26(27)39-19(2)3)28(29(35)33-17-20-6-5-7-24(14-20)30(36)37)34(31)25-10-8-23-18-32-13-12-21(23)15-25;3-2(4,5)1(6)7/h5-16,18-19,28,36-37H,4,17,31H2,1-3H3,(H,33,35);(H,6,7). The topological polar surface area (TPSA) is 167 Å². The van der Waals surface area contributed by atoms with Crippen LogP contribution in [0.3, 0.4) is 0 Å². The molecular weight excluding hydrogens is 608 g/mol. The smallest absolute Gasteiger partial charge is 0.490 e. The van der Waals surface area contributed by atoms with Gasteiger partial charge in [0.1, 0.15) is 6.04 Å². The molecule has 1 aromatic heterocycles. The summed E-state index contributed by atoms with van der Waals surface area (Å²) in [5.74, 6) is 4.65. The minimum absolute atomic E-state index is 0.0551. The lowest BCUT2D eigenvalue weighted by Crippen LogP contribution is -2.44. The Hall–Kier alpha value is -4.86. The summed E-state index contributed by atoms with van der Waals surface area (Å²) in [7, 11) is -1.60. The molecular formula is C31H34BF3N4O7. The number of nitrogens with two attached hydrogens (primary N) is 1. The van der Waals surface area contributed by atoms with Crippen LogP contribution in [-0.4, -0.2) is 58.0 Å². The Bertz CT molecular complexity index is 1640. The molecule has 0 aliphatic rings. The number of anilines is 1. The lowest BCUT2D eigenvalue weighted by Gasteiger charge is -2.29. The number of nitrogens with zero attached hydrogens (tertiary/aromatic N) is 2. The van der Waals surface area contributed by atoms with E-state index in [1.54, 1.807) is 54.9 Å². The number of nitrogens with one attached hydrogen (secondary N) is 1. The number of carbonyl (C=O) groups is 2. The van der Waals surface area contributed by atoms with Crippen LogP contribution in [0.5, 0.6) is 11.5 Å². The van der Waals surface area contributed by atoms with E-state index in [2.05, 4.69) is 10.3 Å². The normalized spacial score (nSPS) is 11.7. The van der Waals surface area contributed by atoms with Crippen molar-refractivity contribution in [2.75, 3.05) is 11.6 Å². The average molecular weight is 642 g/mol. The van der Waals surface area contributed by atoms with Gasteiger partial charge in [-0.15, -0.1) is 0 Å². The maximum atomic E-state index is 13.7. The number of pyridine rings is 1. The van der Waals surface area contributed by atoms with E-state index in [4.69, 9.17) is 25.2 Å². The van der Waals surface area contributed by atoms with Gasteiger partial charge in [0.2, 0.25) is 5.91 Å². The summed E-state index contributed by atoms with van der Waals surface area (Å²) in [6.45, 7) is 6.34. The molecule has 0 fully saturated rings. The third-order valence-corrected chi connectivity index (χ3v) is 6.35. The Balaban J connectivity index is 0.000000738. The molecule has 1 heterocycles. The maximum absolute atomic E-state index is 13.7. The van der Waals surface area contributed by atoms with Crippen molar-refractivity contribution in [3.8, 4) is 11.5 Å². The summed E-state index contributed by atoms with van der Waals surface area (Å²) in [5.41, 5.74) is 2.31. The number of aliphatic carboxylic acids is 1. The van der Waals surface area contributed by atoms with E-state index in [9.17, 15) is 28.0 Å². The molecule has 1 amide bonds. The summed E-state index contributed by atoms with van der Waals surface area (Å²) >= 11 is 0. The molecule has 0 radical (unpaired) electrons. The van der Waals surface area contributed by atoms with Crippen LogP contribution in [0.25, 0.3) is 10.8 Å². The van der Waals surface area contributed by atoms with Crippen LogP contribution in [0, 0.1) is 0 Å². The summed E-state index contributed by atoms with van der Waals surface area (Å²) in [4.78, 5) is 26.8. The Morgan fingerprint density at radius 3 is 2.37 bits per heavy atom. The van der Waals surface area contributed by atoms with E-state index in [-0.39, 0.29) is 18.6 Å². The zero-order valence-electron chi connectivity index (χ0n) is 25.2. The first-order valence-electron chi connectivity index (χ1n) is 14.0. The van der Waals surface area contributed by atoms with E-state index in [1.807, 2.05) is 45.0 Å². The van der Waals surface area contributed by atoms with Crippen molar-refractivity contribution in [1.29, 1.82) is 0 Å². The molecule has 0 bridgehead atoms. The first-order valence-corrected chi connectivity index (χ1v) is 14.0. The van der Waals surface area contributed by atoms with Crippen molar-refractivity contribution in [3.05, 3.63) is 90.3 Å². The number of fused-ring (bicyclic) bond motifs is 1. The van der Waals surface area contributed by atoms with Gasteiger partial charge < -0.3 is 29.9 Å². The van der Waals surface area contributed by atoms with Crippen molar-refractivity contribution >= 4 is 40.9 Å². The number of benzene rings is 3. The molecule has 3 aromatic carbocycles. The van der Waals surface area contributed by atoms with Gasteiger partial charge in [-0.25, -0.2) is 10.6 Å². The molecule has 0 aliphatic carbocycles. The molecule has 0 aliphatic heterocycles. The summed E-state index contributed by atoms with van der Waals surface area (Å²) < 4.78 is 43.5. The van der Waals surface area contributed by atoms with Crippen molar-refractivity contribution < 1.29 is 47.4 Å². The van der Waals surface area contributed by atoms with Crippen LogP contribution < -0.4 is 31.1 Å². The third kappa shape index (κ3) is 9.82. The molecule has 6 N–H and O–H groups in total. The third-order valence-electron chi connectivity index (χ3n) is 6.35. The molecule has 244 valence electrons. The van der Waals surface area contributed by atoms with Crippen molar-refractivity contribution in [2.24, 2.45) is 5.84 Å². The predicted molar refractivity (Wildman–Crippen MR) is 166 cm³/mol. The molecule has 11 nitrogen and oxygen atoms in total. The molecule has 4 rings (SSSR count). The second-order valence-corrected chi connectivity index (χ2v) is 10.2. The number of carboxylic acids is 1. The summed E-state index contributed by atoms with van der Waals surface area (Å²) in [5, 5.41) is 32.4. The summed E-state index contributed by atoms with van der Waals surface area (Å²) in [6.07, 6.45) is -1.67. The maximum Gasteiger partial charge on any atom is 0.490 e. The number of rotatable bonds is 11. The van der Waals surface area contributed by atoms with Crippen molar-refractivity contribution in [1.82, 2.24) is 10.3 Å². The highest BCUT2D eigenvalue weighted by atomic mass is 19.4. The van der Waals surface area contributed by atoms with Crippen LogP contribution in [0.2, 0.25) is 0 Å². The highest BCUT2D eigenvalue weighted by Crippen LogP contribution is 2.34. The fraction of sp³-hybridized carbons (Fsp3) is 0.258. The monoisotopic (exact) mass is 642 g/mol. The summed E-state index contributed by atoms with van der Waals surface area (Å²) in [6, 6.07) is 18.7. The number of carbonyl (C=O) groups excluding carboxylic acids is 1. The lowest BCUT2D eigenvalue weighted by atomic mass is 9.79. The minimum atomic E-state index is -5.08. The minimum Gasteiger partial charge on any atom is -0.490 e. The number of hydrogen-bond donors (Lipinski definition) is 5. The van der Waals surface area contributed by atoms with Gasteiger partial charge >= 0.3 is 19.3 Å². The Morgan fingerprint density at radius 2 is 1.74 bits per heavy atom. The number of halogens is 3. The number of alkyl halides is 3. The highest BCUT2D eigenvalue weighted by molar-refractivity contribution is 6.58. The first kappa shape index (κ1) is 35.6. The van der Waals surface area contributed by atoms with Gasteiger partial charge in [0.15, 0.2) is 11.5 Å². The largest absolute Gasteiger partial charge is 0.490 e. The van der Waals surface area contributed by atoms with Crippen LogP contribution in [0.4, 0.5) is 18.9 Å². The number of aromatic nitrogens is 1. The zero-order valence-corrected chi connectivity index (χ0v) is 25.2. The fourth-order valence-corrected chi connectivity index (χ4v) is 4.28. The van der Waals surface area contributed by atoms with Crippen LogP contribution in [0.15, 0.2) is 79.1 Å². The number of amides is 1. The Kier molecular flexibility index (Phi) is 12.3. The van der Waals surface area contributed by atoms with Crippen LogP contribution in [0.1, 0.15) is 37.9 Å². The second-order valence-electron chi connectivity index (χ2n) is 10.2.